The Labute approximate surface area is 137 Å². The van der Waals surface area contributed by atoms with Crippen LogP contribution in [0.3, 0.4) is 0 Å². The van der Waals surface area contributed by atoms with Gasteiger partial charge in [-0.3, -0.25) is 4.79 Å². The Balaban J connectivity index is 2.43. The summed E-state index contributed by atoms with van der Waals surface area (Å²) < 4.78 is 5.33. The monoisotopic (exact) mass is 327 g/mol. The van der Waals surface area contributed by atoms with Gasteiger partial charge in [-0.1, -0.05) is 26.7 Å². The molecule has 0 aliphatic heterocycles. The number of carbonyl (C=O) groups excluding carboxylic acids is 1. The lowest BCUT2D eigenvalue weighted by Gasteiger charge is -2.13. The minimum absolute atomic E-state index is 0.136. The molecule has 0 aliphatic carbocycles. The number of oxazole rings is 1. The molecular formula is C16H29N3O2S. The molecule has 0 fully saturated rings. The number of thioether (sulfide) groups is 1. The van der Waals surface area contributed by atoms with Gasteiger partial charge in [-0.15, -0.1) is 0 Å². The van der Waals surface area contributed by atoms with Gasteiger partial charge < -0.3 is 15.5 Å². The van der Waals surface area contributed by atoms with Gasteiger partial charge >= 0.3 is 0 Å². The molecule has 1 rings (SSSR count). The first-order valence-corrected chi connectivity index (χ1v) is 9.34. The lowest BCUT2D eigenvalue weighted by molar-refractivity contribution is 0.0932. The van der Waals surface area contributed by atoms with Crippen molar-refractivity contribution >= 4 is 17.7 Å². The molecule has 0 radical (unpaired) electrons. The molecule has 1 amide bonds. The summed E-state index contributed by atoms with van der Waals surface area (Å²) in [7, 11) is 0. The maximum absolute atomic E-state index is 12.1. The number of hydrogen-bond acceptors (Lipinski definition) is 5. The van der Waals surface area contributed by atoms with E-state index in [2.05, 4.69) is 24.1 Å². The van der Waals surface area contributed by atoms with Crippen LogP contribution in [0.15, 0.2) is 10.7 Å². The number of nitrogens with two attached hydrogens (primary N) is 1. The lowest BCUT2D eigenvalue weighted by Crippen LogP contribution is -2.32. The highest BCUT2D eigenvalue weighted by Gasteiger charge is 2.18. The molecule has 0 aromatic carbocycles. The minimum atomic E-state index is -0.252. The fraction of sp³-hybridized carbons (Fsp3) is 0.750. The molecule has 0 saturated heterocycles. The Hall–Kier alpha value is -1.01. The van der Waals surface area contributed by atoms with Crippen LogP contribution < -0.4 is 11.1 Å². The largest absolute Gasteiger partial charge is 0.446 e. The van der Waals surface area contributed by atoms with E-state index in [1.54, 1.807) is 11.8 Å². The number of aromatic nitrogens is 1. The van der Waals surface area contributed by atoms with Crippen LogP contribution >= 0.6 is 11.8 Å². The summed E-state index contributed by atoms with van der Waals surface area (Å²) in [6, 6.07) is -0.117. The smallest absolute Gasteiger partial charge is 0.273 e. The SMILES string of the molecule is CSCCC(N)c1nc(C(=O)NC(C)CCCC(C)C)co1. The van der Waals surface area contributed by atoms with Gasteiger partial charge in [-0.05, 0) is 37.7 Å². The van der Waals surface area contributed by atoms with E-state index in [0.717, 1.165) is 25.0 Å². The molecule has 126 valence electrons. The normalized spacial score (nSPS) is 14.1. The summed E-state index contributed by atoms with van der Waals surface area (Å²) in [5.41, 5.74) is 6.30. The number of hydrogen-bond donors (Lipinski definition) is 2. The quantitative estimate of drug-likeness (QED) is 0.688. The second-order valence-corrected chi connectivity index (χ2v) is 7.14. The average Bonchev–Trinajstić information content (AvgIpc) is 2.94. The van der Waals surface area contributed by atoms with Gasteiger partial charge in [0.15, 0.2) is 5.69 Å². The van der Waals surface area contributed by atoms with Crippen molar-refractivity contribution in [1.82, 2.24) is 10.3 Å². The number of rotatable bonds is 10. The first-order valence-electron chi connectivity index (χ1n) is 7.94. The van der Waals surface area contributed by atoms with Crippen LogP contribution in [-0.2, 0) is 0 Å². The fourth-order valence-corrected chi connectivity index (χ4v) is 2.62. The van der Waals surface area contributed by atoms with Crippen molar-refractivity contribution in [2.75, 3.05) is 12.0 Å². The van der Waals surface area contributed by atoms with Crippen molar-refractivity contribution in [3.8, 4) is 0 Å². The van der Waals surface area contributed by atoms with Gasteiger partial charge in [0.25, 0.3) is 5.91 Å². The van der Waals surface area contributed by atoms with Crippen molar-refractivity contribution in [2.24, 2.45) is 11.7 Å². The molecule has 0 aliphatic rings. The highest BCUT2D eigenvalue weighted by atomic mass is 32.2. The van der Waals surface area contributed by atoms with E-state index in [0.29, 0.717) is 17.5 Å². The first kappa shape index (κ1) is 19.0. The van der Waals surface area contributed by atoms with Crippen molar-refractivity contribution in [1.29, 1.82) is 0 Å². The van der Waals surface area contributed by atoms with E-state index >= 15 is 0 Å². The molecule has 3 N–H and O–H groups in total. The standard InChI is InChI=1S/C16H29N3O2S/c1-11(2)6-5-7-12(3)18-15(20)14-10-21-16(19-14)13(17)8-9-22-4/h10-13H,5-9,17H2,1-4H3,(H,18,20). The first-order chi connectivity index (χ1) is 10.4. The van der Waals surface area contributed by atoms with Gasteiger partial charge in [0.05, 0.1) is 6.04 Å². The molecule has 1 heterocycles. The molecule has 0 saturated carbocycles. The maximum atomic E-state index is 12.1. The summed E-state index contributed by atoms with van der Waals surface area (Å²) >= 11 is 1.73. The molecule has 0 spiro atoms. The lowest BCUT2D eigenvalue weighted by atomic mass is 10.0. The molecular weight excluding hydrogens is 298 g/mol. The van der Waals surface area contributed by atoms with Gasteiger partial charge in [0.2, 0.25) is 5.89 Å². The highest BCUT2D eigenvalue weighted by Crippen LogP contribution is 2.16. The van der Waals surface area contributed by atoms with Crippen molar-refractivity contribution in [3.63, 3.8) is 0 Å². The summed E-state index contributed by atoms with van der Waals surface area (Å²) in [5, 5.41) is 2.96. The zero-order valence-corrected chi connectivity index (χ0v) is 14.9. The van der Waals surface area contributed by atoms with Crippen molar-refractivity contribution in [2.45, 2.75) is 58.5 Å². The number of amides is 1. The van der Waals surface area contributed by atoms with E-state index in [1.807, 2.05) is 13.2 Å². The van der Waals surface area contributed by atoms with Gasteiger partial charge in [0.1, 0.15) is 6.26 Å². The second-order valence-electron chi connectivity index (χ2n) is 6.16. The zero-order chi connectivity index (χ0) is 16.5. The van der Waals surface area contributed by atoms with Crippen molar-refractivity contribution < 1.29 is 9.21 Å². The third-order valence-electron chi connectivity index (χ3n) is 3.50. The number of nitrogens with zero attached hydrogens (tertiary/aromatic N) is 1. The van der Waals surface area contributed by atoms with E-state index in [9.17, 15) is 4.79 Å². The summed E-state index contributed by atoms with van der Waals surface area (Å²) in [5.74, 6) is 1.89. The predicted molar refractivity (Wildman–Crippen MR) is 92.0 cm³/mol. The summed E-state index contributed by atoms with van der Waals surface area (Å²) in [6.07, 6.45) is 7.48. The van der Waals surface area contributed by atoms with E-state index in [4.69, 9.17) is 10.2 Å². The third kappa shape index (κ3) is 6.83. The predicted octanol–water partition coefficient (Wildman–Crippen LogP) is 3.37. The third-order valence-corrected chi connectivity index (χ3v) is 4.14. The Morgan fingerprint density at radius 2 is 2.09 bits per heavy atom. The Morgan fingerprint density at radius 1 is 1.36 bits per heavy atom. The van der Waals surface area contributed by atoms with Crippen LogP contribution in [-0.4, -0.2) is 28.9 Å². The minimum Gasteiger partial charge on any atom is -0.446 e. The van der Waals surface area contributed by atoms with Crippen LogP contribution in [0.1, 0.15) is 68.9 Å². The Morgan fingerprint density at radius 3 is 2.73 bits per heavy atom. The topological polar surface area (TPSA) is 81.1 Å². The van der Waals surface area contributed by atoms with Crippen molar-refractivity contribution in [3.05, 3.63) is 17.8 Å². The summed E-state index contributed by atoms with van der Waals surface area (Å²) in [6.45, 7) is 6.43. The molecule has 0 bridgehead atoms. The van der Waals surface area contributed by atoms with Crippen LogP contribution in [0.5, 0.6) is 0 Å². The number of carbonyl (C=O) groups is 1. The fourth-order valence-electron chi connectivity index (χ4n) is 2.13. The molecule has 1 aromatic rings. The molecule has 2 atom stereocenters. The number of nitrogens with one attached hydrogen (secondary N) is 1. The molecule has 5 nitrogen and oxygen atoms in total. The van der Waals surface area contributed by atoms with Gasteiger partial charge in [-0.2, -0.15) is 11.8 Å². The van der Waals surface area contributed by atoms with Crippen LogP contribution in [0, 0.1) is 5.92 Å². The maximum Gasteiger partial charge on any atom is 0.273 e. The van der Waals surface area contributed by atoms with Gasteiger partial charge in [-0.25, -0.2) is 4.98 Å². The molecule has 22 heavy (non-hydrogen) atoms. The molecule has 1 aromatic heterocycles. The summed E-state index contributed by atoms with van der Waals surface area (Å²) in [4.78, 5) is 16.3. The zero-order valence-electron chi connectivity index (χ0n) is 14.1. The Kier molecular flexibility index (Phi) is 8.56. The Bertz CT molecular complexity index is 448. The van der Waals surface area contributed by atoms with Crippen LogP contribution in [0.25, 0.3) is 0 Å². The molecule has 2 unspecified atom stereocenters. The van der Waals surface area contributed by atoms with Crippen LogP contribution in [0.4, 0.5) is 0 Å². The average molecular weight is 327 g/mol. The highest BCUT2D eigenvalue weighted by molar-refractivity contribution is 7.98. The van der Waals surface area contributed by atoms with E-state index < -0.39 is 0 Å². The van der Waals surface area contributed by atoms with E-state index in [-0.39, 0.29) is 18.0 Å². The second kappa shape index (κ2) is 9.90. The van der Waals surface area contributed by atoms with Crippen LogP contribution in [0.2, 0.25) is 0 Å². The van der Waals surface area contributed by atoms with Gasteiger partial charge in [0, 0.05) is 6.04 Å². The molecule has 6 heteroatoms. The van der Waals surface area contributed by atoms with E-state index in [1.165, 1.54) is 12.7 Å².